The van der Waals surface area contributed by atoms with E-state index in [4.69, 9.17) is 11.6 Å². The molecule has 1 heterocycles. The first-order chi connectivity index (χ1) is 7.99. The zero-order valence-electron chi connectivity index (χ0n) is 8.69. The minimum Gasteiger partial charge on any atom is -0.333 e. The van der Waals surface area contributed by atoms with E-state index < -0.39 is 17.1 Å². The number of rotatable bonds is 1. The quantitative estimate of drug-likeness (QED) is 0.743. The van der Waals surface area contributed by atoms with Crippen LogP contribution in [0.15, 0.2) is 27.8 Å². The maximum absolute atomic E-state index is 11.5. The molecule has 0 saturated carbocycles. The summed E-state index contributed by atoms with van der Waals surface area (Å²) in [5.74, 6) is -0.700. The normalized spacial score (nSPS) is 10.5. The van der Waals surface area contributed by atoms with Crippen LogP contribution in [0.5, 0.6) is 0 Å². The van der Waals surface area contributed by atoms with E-state index >= 15 is 0 Å². The Morgan fingerprint density at radius 2 is 2.12 bits per heavy atom. The summed E-state index contributed by atoms with van der Waals surface area (Å²) >= 11 is 5.75. The van der Waals surface area contributed by atoms with Gasteiger partial charge in [-0.25, -0.2) is 4.79 Å². The summed E-state index contributed by atoms with van der Waals surface area (Å²) in [6.45, 7) is 1.13. The Morgan fingerprint density at radius 1 is 1.41 bits per heavy atom. The number of H-pyrrole nitrogens is 1. The lowest BCUT2D eigenvalue weighted by atomic mass is 10.3. The smallest absolute Gasteiger partial charge is 0.333 e. The number of nitrogens with one attached hydrogen (secondary N) is 1. The second kappa shape index (κ2) is 4.06. The van der Waals surface area contributed by atoms with Crippen LogP contribution in [0, 0.1) is 0 Å². The monoisotopic (exact) mass is 254 g/mol. The van der Waals surface area contributed by atoms with E-state index in [9.17, 15) is 14.4 Å². The Balaban J connectivity index is 2.87. The Bertz CT molecular complexity index is 716. The van der Waals surface area contributed by atoms with Gasteiger partial charge in [0.15, 0.2) is 0 Å². The molecule has 0 radical (unpaired) electrons. The van der Waals surface area contributed by atoms with E-state index in [0.29, 0.717) is 15.3 Å². The first-order valence-corrected chi connectivity index (χ1v) is 5.00. The molecule has 0 bridgehead atoms. The van der Waals surface area contributed by atoms with Gasteiger partial charge in [-0.1, -0.05) is 11.6 Å². The molecule has 0 aliphatic heterocycles. The van der Waals surface area contributed by atoms with Gasteiger partial charge < -0.3 is 9.82 Å². The lowest BCUT2D eigenvalue weighted by Crippen LogP contribution is -2.40. The number of benzene rings is 1. The van der Waals surface area contributed by atoms with Crippen molar-refractivity contribution in [3.8, 4) is 0 Å². The van der Waals surface area contributed by atoms with Crippen LogP contribution < -0.4 is 16.0 Å². The molecule has 1 aromatic heterocycles. The number of aromatic amines is 1. The van der Waals surface area contributed by atoms with Gasteiger partial charge in [0, 0.05) is 11.9 Å². The molecule has 2 rings (SSSR count). The number of aromatic nitrogens is 2. The van der Waals surface area contributed by atoms with E-state index in [1.165, 1.54) is 18.2 Å². The number of hydrogen-bond acceptors (Lipinski definition) is 4. The molecule has 1 N–H and O–H groups in total. The molecule has 0 amide bonds. The van der Waals surface area contributed by atoms with Crippen LogP contribution in [0.1, 0.15) is 6.92 Å². The summed E-state index contributed by atoms with van der Waals surface area (Å²) in [7, 11) is 0. The van der Waals surface area contributed by atoms with Gasteiger partial charge in [-0.2, -0.15) is 0 Å². The summed E-state index contributed by atoms with van der Waals surface area (Å²) < 4.78 is 0.646. The maximum Gasteiger partial charge on any atom is 0.349 e. The van der Waals surface area contributed by atoms with E-state index in [1.54, 1.807) is 0 Å². The number of nitrogens with zero attached hydrogens (tertiary/aromatic N) is 1. The zero-order chi connectivity index (χ0) is 12.6. The molecule has 0 saturated heterocycles. The molecular formula is C10H7ClN2O4. The van der Waals surface area contributed by atoms with Crippen LogP contribution in [0.2, 0.25) is 5.02 Å². The van der Waals surface area contributed by atoms with Crippen molar-refractivity contribution in [3.63, 3.8) is 0 Å². The van der Waals surface area contributed by atoms with Crippen LogP contribution in [-0.2, 0) is 4.79 Å². The second-order valence-corrected chi connectivity index (χ2v) is 3.73. The van der Waals surface area contributed by atoms with Crippen molar-refractivity contribution < 1.29 is 9.63 Å². The molecule has 0 fully saturated rings. The van der Waals surface area contributed by atoms with Crippen LogP contribution in [-0.4, -0.2) is 15.7 Å². The molecule has 7 heteroatoms. The van der Waals surface area contributed by atoms with Crippen LogP contribution in [0.4, 0.5) is 0 Å². The first-order valence-electron chi connectivity index (χ1n) is 4.62. The number of halogens is 1. The Hall–Kier alpha value is -2.08. The summed E-state index contributed by atoms with van der Waals surface area (Å²) in [6, 6.07) is 4.44. The van der Waals surface area contributed by atoms with Gasteiger partial charge in [0.1, 0.15) is 5.52 Å². The standard InChI is InChI=1S/C10H7ClN2O4/c1-5(14)17-13-8-3-2-6(11)4-7(8)12-9(15)10(13)16/h2-4H,1H3,(H,12,15). The fourth-order valence-corrected chi connectivity index (χ4v) is 1.55. The molecule has 0 unspecified atom stereocenters. The molecule has 0 spiro atoms. The highest BCUT2D eigenvalue weighted by Crippen LogP contribution is 2.14. The third-order valence-electron chi connectivity index (χ3n) is 2.02. The third-order valence-corrected chi connectivity index (χ3v) is 2.26. The van der Waals surface area contributed by atoms with E-state index in [2.05, 4.69) is 9.82 Å². The molecule has 0 atom stereocenters. The van der Waals surface area contributed by atoms with Gasteiger partial charge in [-0.15, -0.1) is 4.73 Å². The predicted molar refractivity (Wildman–Crippen MR) is 61.1 cm³/mol. The summed E-state index contributed by atoms with van der Waals surface area (Å²) in [5, 5.41) is 0.390. The topological polar surface area (TPSA) is 81.2 Å². The highest BCUT2D eigenvalue weighted by Gasteiger charge is 2.10. The maximum atomic E-state index is 11.5. The van der Waals surface area contributed by atoms with Gasteiger partial charge in [0.25, 0.3) is 0 Å². The summed E-state index contributed by atoms with van der Waals surface area (Å²) in [4.78, 5) is 40.7. The fourth-order valence-electron chi connectivity index (χ4n) is 1.38. The third kappa shape index (κ3) is 2.07. The Morgan fingerprint density at radius 3 is 2.76 bits per heavy atom. The lowest BCUT2D eigenvalue weighted by Gasteiger charge is -2.07. The van der Waals surface area contributed by atoms with Crippen molar-refractivity contribution in [3.05, 3.63) is 43.9 Å². The van der Waals surface area contributed by atoms with Crippen molar-refractivity contribution >= 4 is 28.6 Å². The molecule has 2 aromatic rings. The molecule has 6 nitrogen and oxygen atoms in total. The van der Waals surface area contributed by atoms with Gasteiger partial charge in [0.2, 0.25) is 0 Å². The molecule has 88 valence electrons. The summed E-state index contributed by atoms with van der Waals surface area (Å²) in [5.41, 5.74) is -1.28. The van der Waals surface area contributed by atoms with E-state index in [-0.39, 0.29) is 5.52 Å². The van der Waals surface area contributed by atoms with Crippen LogP contribution >= 0.6 is 11.6 Å². The van der Waals surface area contributed by atoms with Gasteiger partial charge in [-0.3, -0.25) is 9.59 Å². The van der Waals surface area contributed by atoms with Gasteiger partial charge in [-0.05, 0) is 18.2 Å². The van der Waals surface area contributed by atoms with Crippen molar-refractivity contribution in [2.24, 2.45) is 0 Å². The lowest BCUT2D eigenvalue weighted by molar-refractivity contribution is -0.141. The largest absolute Gasteiger partial charge is 0.349 e. The number of carbonyl (C=O) groups excluding carboxylic acids is 1. The van der Waals surface area contributed by atoms with Crippen molar-refractivity contribution in [1.82, 2.24) is 9.71 Å². The molecule has 17 heavy (non-hydrogen) atoms. The SMILES string of the molecule is CC(=O)On1c(=O)c(=O)[nH]c2cc(Cl)ccc21. The van der Waals surface area contributed by atoms with Crippen molar-refractivity contribution in [1.29, 1.82) is 0 Å². The first kappa shape index (κ1) is 11.4. The number of fused-ring (bicyclic) bond motifs is 1. The molecule has 1 aromatic carbocycles. The molecule has 0 aliphatic carbocycles. The average molecular weight is 255 g/mol. The van der Waals surface area contributed by atoms with E-state index in [0.717, 1.165) is 6.92 Å². The summed E-state index contributed by atoms with van der Waals surface area (Å²) in [6.07, 6.45) is 0. The number of hydrogen-bond donors (Lipinski definition) is 1. The van der Waals surface area contributed by atoms with Crippen molar-refractivity contribution in [2.45, 2.75) is 6.92 Å². The fraction of sp³-hybridized carbons (Fsp3) is 0.100. The highest BCUT2D eigenvalue weighted by molar-refractivity contribution is 6.31. The van der Waals surface area contributed by atoms with E-state index in [1.807, 2.05) is 0 Å². The number of carbonyl (C=O) groups is 1. The minimum atomic E-state index is -0.963. The van der Waals surface area contributed by atoms with Crippen LogP contribution in [0.3, 0.4) is 0 Å². The zero-order valence-corrected chi connectivity index (χ0v) is 9.45. The minimum absolute atomic E-state index is 0.259. The Kier molecular flexibility index (Phi) is 2.72. The van der Waals surface area contributed by atoms with Crippen molar-refractivity contribution in [2.75, 3.05) is 0 Å². The molecular weight excluding hydrogens is 248 g/mol. The predicted octanol–water partition coefficient (Wildman–Crippen LogP) is 0.318. The molecule has 0 aliphatic rings. The highest BCUT2D eigenvalue weighted by atomic mass is 35.5. The van der Waals surface area contributed by atoms with Gasteiger partial charge >= 0.3 is 17.1 Å². The second-order valence-electron chi connectivity index (χ2n) is 3.30. The average Bonchev–Trinajstić information content (AvgIpc) is 2.24. The van der Waals surface area contributed by atoms with Gasteiger partial charge in [0.05, 0.1) is 5.52 Å². The van der Waals surface area contributed by atoms with Crippen LogP contribution in [0.25, 0.3) is 11.0 Å². The Labute approximate surface area is 99.3 Å².